The van der Waals surface area contributed by atoms with Crippen LogP contribution in [-0.2, 0) is 24.4 Å². The molecule has 0 saturated heterocycles. The molecule has 0 aliphatic heterocycles. The molecule has 0 aliphatic rings. The molecule has 26 heavy (non-hydrogen) atoms. The van der Waals surface area contributed by atoms with Gasteiger partial charge >= 0.3 is 5.97 Å². The Labute approximate surface area is 152 Å². The van der Waals surface area contributed by atoms with Crippen LogP contribution in [0.2, 0.25) is 0 Å². The van der Waals surface area contributed by atoms with E-state index in [1.807, 2.05) is 0 Å². The predicted molar refractivity (Wildman–Crippen MR) is 95.1 cm³/mol. The zero-order chi connectivity index (χ0) is 19.5. The first-order valence-corrected chi connectivity index (χ1v) is 11.3. The van der Waals surface area contributed by atoms with Crippen molar-refractivity contribution in [2.75, 3.05) is 19.1 Å². The summed E-state index contributed by atoms with van der Waals surface area (Å²) in [6.45, 7) is 1.90. The molecular weight excluding hydrogens is 380 g/mol. The maximum Gasteiger partial charge on any atom is 0.338 e. The van der Waals surface area contributed by atoms with Crippen LogP contribution >= 0.6 is 0 Å². The van der Waals surface area contributed by atoms with Gasteiger partial charge in [-0.25, -0.2) is 21.6 Å². The lowest BCUT2D eigenvalue weighted by atomic mass is 10.2. The van der Waals surface area contributed by atoms with Crippen LogP contribution in [0.1, 0.15) is 17.3 Å². The van der Waals surface area contributed by atoms with Crippen molar-refractivity contribution in [3.05, 3.63) is 48.0 Å². The Hall–Kier alpha value is -2.39. The first kappa shape index (κ1) is 19.9. The van der Waals surface area contributed by atoms with Gasteiger partial charge in [0.15, 0.2) is 19.7 Å². The molecule has 0 atom stereocenters. The van der Waals surface area contributed by atoms with Gasteiger partial charge in [0, 0.05) is 12.5 Å². The zero-order valence-corrected chi connectivity index (χ0v) is 16.1. The summed E-state index contributed by atoms with van der Waals surface area (Å²) in [7, 11) is -7.33. The standard InChI is InChI=1S/C17H18O7S2/c1-4-23-17(18)12-6-5-7-13(10-12)24-15-9-8-14(25(2,19)20)11-16(15)26(3,21)22/h5-11H,4H2,1-3H3. The summed E-state index contributed by atoms with van der Waals surface area (Å²) < 4.78 is 57.9. The molecule has 2 aromatic carbocycles. The van der Waals surface area contributed by atoms with E-state index in [2.05, 4.69) is 0 Å². The smallest absolute Gasteiger partial charge is 0.338 e. The number of carbonyl (C=O) groups is 1. The summed E-state index contributed by atoms with van der Waals surface area (Å²) in [5, 5.41) is 0. The van der Waals surface area contributed by atoms with Crippen molar-refractivity contribution in [3.8, 4) is 11.5 Å². The van der Waals surface area contributed by atoms with Crippen molar-refractivity contribution in [1.82, 2.24) is 0 Å². The summed E-state index contributed by atoms with van der Waals surface area (Å²) in [5.74, 6) is -0.359. The zero-order valence-electron chi connectivity index (χ0n) is 14.4. The molecule has 0 amide bonds. The molecular formula is C17H18O7S2. The first-order chi connectivity index (χ1) is 12.0. The summed E-state index contributed by atoms with van der Waals surface area (Å²) >= 11 is 0. The minimum absolute atomic E-state index is 0.0408. The number of ether oxygens (including phenoxy) is 2. The highest BCUT2D eigenvalue weighted by atomic mass is 32.2. The number of benzene rings is 2. The van der Waals surface area contributed by atoms with E-state index < -0.39 is 25.6 Å². The molecule has 0 radical (unpaired) electrons. The fourth-order valence-corrected chi connectivity index (χ4v) is 3.66. The topological polar surface area (TPSA) is 104 Å². The highest BCUT2D eigenvalue weighted by molar-refractivity contribution is 7.91. The minimum atomic E-state index is -3.75. The minimum Gasteiger partial charge on any atom is -0.462 e. The van der Waals surface area contributed by atoms with Gasteiger partial charge in [-0.05, 0) is 43.3 Å². The number of hydrogen-bond acceptors (Lipinski definition) is 7. The molecule has 0 aliphatic carbocycles. The van der Waals surface area contributed by atoms with Crippen LogP contribution in [0.3, 0.4) is 0 Å². The molecule has 0 spiro atoms. The van der Waals surface area contributed by atoms with Gasteiger partial charge < -0.3 is 9.47 Å². The average Bonchev–Trinajstić information content (AvgIpc) is 2.53. The second-order valence-electron chi connectivity index (χ2n) is 5.50. The van der Waals surface area contributed by atoms with Crippen LogP contribution in [0, 0.1) is 0 Å². The van der Waals surface area contributed by atoms with E-state index in [1.54, 1.807) is 19.1 Å². The van der Waals surface area contributed by atoms with Gasteiger partial charge in [0.1, 0.15) is 16.4 Å². The predicted octanol–water partition coefficient (Wildman–Crippen LogP) is 2.46. The van der Waals surface area contributed by atoms with Crippen molar-refractivity contribution >= 4 is 25.6 Å². The Balaban J connectivity index is 2.47. The molecule has 140 valence electrons. The van der Waals surface area contributed by atoms with E-state index in [4.69, 9.17) is 9.47 Å². The third kappa shape index (κ3) is 4.83. The second kappa shape index (κ2) is 7.46. The SMILES string of the molecule is CCOC(=O)c1cccc(Oc2ccc(S(C)(=O)=O)cc2S(C)(=O)=O)c1. The van der Waals surface area contributed by atoms with Crippen LogP contribution in [0.25, 0.3) is 0 Å². The Morgan fingerprint density at radius 2 is 1.65 bits per heavy atom. The number of esters is 1. The normalized spacial score (nSPS) is 11.8. The third-order valence-corrected chi connectivity index (χ3v) is 5.54. The average molecular weight is 398 g/mol. The van der Waals surface area contributed by atoms with Crippen LogP contribution in [0.4, 0.5) is 0 Å². The van der Waals surface area contributed by atoms with Gasteiger partial charge in [-0.15, -0.1) is 0 Å². The van der Waals surface area contributed by atoms with Crippen LogP contribution < -0.4 is 4.74 Å². The molecule has 2 rings (SSSR count). The number of carbonyl (C=O) groups excluding carboxylic acids is 1. The van der Waals surface area contributed by atoms with Crippen molar-refractivity contribution in [2.45, 2.75) is 16.7 Å². The quantitative estimate of drug-likeness (QED) is 0.689. The van der Waals surface area contributed by atoms with E-state index in [-0.39, 0.29) is 33.5 Å². The first-order valence-electron chi connectivity index (χ1n) is 7.51. The lowest BCUT2D eigenvalue weighted by Crippen LogP contribution is -2.06. The molecule has 9 heteroatoms. The monoisotopic (exact) mass is 398 g/mol. The molecule has 0 aromatic heterocycles. The van der Waals surface area contributed by atoms with Crippen molar-refractivity contribution in [1.29, 1.82) is 0 Å². The lowest BCUT2D eigenvalue weighted by molar-refractivity contribution is 0.0526. The third-order valence-electron chi connectivity index (χ3n) is 3.32. The fourth-order valence-electron chi connectivity index (χ4n) is 2.12. The van der Waals surface area contributed by atoms with Crippen LogP contribution in [0.5, 0.6) is 11.5 Å². The second-order valence-corrected chi connectivity index (χ2v) is 9.50. The van der Waals surface area contributed by atoms with Gasteiger partial charge in [-0.3, -0.25) is 0 Å². The van der Waals surface area contributed by atoms with Gasteiger partial charge in [-0.1, -0.05) is 6.07 Å². The highest BCUT2D eigenvalue weighted by Crippen LogP contribution is 2.31. The Bertz CT molecular complexity index is 1040. The molecule has 0 N–H and O–H groups in total. The summed E-state index contributed by atoms with van der Waals surface area (Å²) in [6.07, 6.45) is 1.94. The Kier molecular flexibility index (Phi) is 5.72. The van der Waals surface area contributed by atoms with Crippen LogP contribution in [-0.4, -0.2) is 41.9 Å². The maximum atomic E-state index is 12.0. The summed E-state index contributed by atoms with van der Waals surface area (Å²) in [6, 6.07) is 9.63. The fraction of sp³-hybridized carbons (Fsp3) is 0.235. The van der Waals surface area contributed by atoms with E-state index in [0.29, 0.717) is 0 Å². The van der Waals surface area contributed by atoms with E-state index >= 15 is 0 Å². The van der Waals surface area contributed by atoms with Crippen molar-refractivity contribution in [2.24, 2.45) is 0 Å². The van der Waals surface area contributed by atoms with E-state index in [9.17, 15) is 21.6 Å². The largest absolute Gasteiger partial charge is 0.462 e. The molecule has 2 aromatic rings. The van der Waals surface area contributed by atoms with Gasteiger partial charge in [0.2, 0.25) is 0 Å². The number of sulfone groups is 2. The van der Waals surface area contributed by atoms with Crippen molar-refractivity contribution < 1.29 is 31.1 Å². The number of hydrogen-bond donors (Lipinski definition) is 0. The molecule has 0 saturated carbocycles. The summed E-state index contributed by atoms with van der Waals surface area (Å²) in [4.78, 5) is 11.4. The molecule has 7 nitrogen and oxygen atoms in total. The molecule has 0 fully saturated rings. The molecule has 0 unspecified atom stereocenters. The maximum absolute atomic E-state index is 12.0. The Morgan fingerprint density at radius 1 is 0.962 bits per heavy atom. The van der Waals surface area contributed by atoms with Crippen LogP contribution in [0.15, 0.2) is 52.3 Å². The van der Waals surface area contributed by atoms with Crippen molar-refractivity contribution in [3.63, 3.8) is 0 Å². The number of rotatable bonds is 6. The van der Waals surface area contributed by atoms with Gasteiger partial charge in [0.05, 0.1) is 17.1 Å². The molecule has 0 heterocycles. The van der Waals surface area contributed by atoms with Gasteiger partial charge in [0.25, 0.3) is 0 Å². The highest BCUT2D eigenvalue weighted by Gasteiger charge is 2.20. The van der Waals surface area contributed by atoms with E-state index in [1.165, 1.54) is 24.3 Å². The van der Waals surface area contributed by atoms with E-state index in [0.717, 1.165) is 18.6 Å². The Morgan fingerprint density at radius 3 is 2.23 bits per heavy atom. The molecule has 0 bridgehead atoms. The summed E-state index contributed by atoms with van der Waals surface area (Å²) in [5.41, 5.74) is 0.248. The lowest BCUT2D eigenvalue weighted by Gasteiger charge is -2.12. The van der Waals surface area contributed by atoms with Gasteiger partial charge in [-0.2, -0.15) is 0 Å².